The third kappa shape index (κ3) is 2.09. The summed E-state index contributed by atoms with van der Waals surface area (Å²) in [6, 6.07) is 13.2. The van der Waals surface area contributed by atoms with Crippen molar-refractivity contribution in [2.75, 3.05) is 5.73 Å². The molecule has 2 N–H and O–H groups in total. The van der Waals surface area contributed by atoms with Gasteiger partial charge in [-0.25, -0.2) is 0 Å². The lowest BCUT2D eigenvalue weighted by Gasteiger charge is -2.08. The van der Waals surface area contributed by atoms with Crippen LogP contribution in [0.1, 0.15) is 0 Å². The van der Waals surface area contributed by atoms with Crippen LogP contribution in [0.2, 0.25) is 10.0 Å². The molecule has 2 rings (SSSR count). The van der Waals surface area contributed by atoms with Crippen LogP contribution in [0.3, 0.4) is 0 Å². The predicted octanol–water partition coefficient (Wildman–Crippen LogP) is 4.24. The molecular weight excluding hydrogens is 229 g/mol. The van der Waals surface area contributed by atoms with E-state index in [1.807, 2.05) is 30.3 Å². The Morgan fingerprint density at radius 1 is 0.933 bits per heavy atom. The molecule has 0 unspecified atom stereocenters. The van der Waals surface area contributed by atoms with Crippen molar-refractivity contribution < 1.29 is 0 Å². The van der Waals surface area contributed by atoms with Crippen molar-refractivity contribution in [2.24, 2.45) is 0 Å². The second-order valence-corrected chi connectivity index (χ2v) is 4.06. The third-order valence-electron chi connectivity index (χ3n) is 2.15. The van der Waals surface area contributed by atoms with Gasteiger partial charge in [0.1, 0.15) is 0 Å². The van der Waals surface area contributed by atoms with E-state index in [4.69, 9.17) is 28.9 Å². The fourth-order valence-electron chi connectivity index (χ4n) is 1.50. The number of nitrogen functional groups attached to an aromatic ring is 1. The average Bonchev–Trinajstić information content (AvgIpc) is 2.17. The SMILES string of the molecule is Nc1cc(Cl)cc(Cl)c1-c1ccccc1. The molecule has 0 saturated carbocycles. The summed E-state index contributed by atoms with van der Waals surface area (Å²) >= 11 is 12.0. The average molecular weight is 238 g/mol. The maximum absolute atomic E-state index is 6.10. The van der Waals surface area contributed by atoms with Crippen LogP contribution in [-0.4, -0.2) is 0 Å². The van der Waals surface area contributed by atoms with Crippen LogP contribution < -0.4 is 5.73 Å². The molecule has 0 saturated heterocycles. The fourth-order valence-corrected chi connectivity index (χ4v) is 2.12. The van der Waals surface area contributed by atoms with Crippen LogP contribution in [0.5, 0.6) is 0 Å². The summed E-state index contributed by atoms with van der Waals surface area (Å²) in [5.41, 5.74) is 8.31. The third-order valence-corrected chi connectivity index (χ3v) is 2.66. The summed E-state index contributed by atoms with van der Waals surface area (Å²) in [6.45, 7) is 0. The van der Waals surface area contributed by atoms with E-state index in [-0.39, 0.29) is 0 Å². The van der Waals surface area contributed by atoms with E-state index in [2.05, 4.69) is 0 Å². The van der Waals surface area contributed by atoms with E-state index in [1.54, 1.807) is 12.1 Å². The molecule has 0 spiro atoms. The van der Waals surface area contributed by atoms with Crippen LogP contribution in [0, 0.1) is 0 Å². The van der Waals surface area contributed by atoms with Gasteiger partial charge >= 0.3 is 0 Å². The van der Waals surface area contributed by atoms with Crippen molar-refractivity contribution in [3.05, 3.63) is 52.5 Å². The molecule has 0 atom stereocenters. The Hall–Kier alpha value is -1.18. The Kier molecular flexibility index (Phi) is 2.85. The van der Waals surface area contributed by atoms with Gasteiger partial charge < -0.3 is 5.73 Å². The van der Waals surface area contributed by atoms with Gasteiger partial charge in [-0.15, -0.1) is 0 Å². The standard InChI is InChI=1S/C12H9Cl2N/c13-9-6-10(14)12(11(15)7-9)8-4-2-1-3-5-8/h1-7H,15H2. The Morgan fingerprint density at radius 2 is 1.60 bits per heavy atom. The molecule has 0 aromatic heterocycles. The molecule has 0 aliphatic carbocycles. The van der Waals surface area contributed by atoms with Crippen LogP contribution in [0.4, 0.5) is 5.69 Å². The first-order valence-corrected chi connectivity index (χ1v) is 5.24. The van der Waals surface area contributed by atoms with Crippen molar-refractivity contribution in [1.29, 1.82) is 0 Å². The molecule has 0 aliphatic rings. The molecular formula is C12H9Cl2N. The van der Waals surface area contributed by atoms with Crippen LogP contribution >= 0.6 is 23.2 Å². The molecule has 2 aromatic carbocycles. The van der Waals surface area contributed by atoms with Crippen LogP contribution in [0.25, 0.3) is 11.1 Å². The van der Waals surface area contributed by atoms with Crippen molar-refractivity contribution >= 4 is 28.9 Å². The maximum Gasteiger partial charge on any atom is 0.0519 e. The van der Waals surface area contributed by atoms with E-state index in [0.717, 1.165) is 11.1 Å². The smallest absolute Gasteiger partial charge is 0.0519 e. The van der Waals surface area contributed by atoms with E-state index in [1.165, 1.54) is 0 Å². The first-order chi connectivity index (χ1) is 7.18. The molecule has 2 aromatic rings. The molecule has 3 heteroatoms. The number of halogens is 2. The highest BCUT2D eigenvalue weighted by molar-refractivity contribution is 6.37. The first kappa shape index (κ1) is 10.3. The second-order valence-electron chi connectivity index (χ2n) is 3.22. The lowest BCUT2D eigenvalue weighted by atomic mass is 10.0. The number of hydrogen-bond acceptors (Lipinski definition) is 1. The second kappa shape index (κ2) is 4.13. The molecule has 1 nitrogen and oxygen atoms in total. The van der Waals surface area contributed by atoms with E-state index < -0.39 is 0 Å². The van der Waals surface area contributed by atoms with Gasteiger partial charge in [-0.1, -0.05) is 53.5 Å². The largest absolute Gasteiger partial charge is 0.398 e. The monoisotopic (exact) mass is 237 g/mol. The quantitative estimate of drug-likeness (QED) is 0.738. The molecule has 15 heavy (non-hydrogen) atoms. The highest BCUT2D eigenvalue weighted by Crippen LogP contribution is 2.35. The van der Waals surface area contributed by atoms with Gasteiger partial charge in [-0.05, 0) is 17.7 Å². The molecule has 0 bridgehead atoms. The first-order valence-electron chi connectivity index (χ1n) is 4.48. The topological polar surface area (TPSA) is 26.0 Å². The van der Waals surface area contributed by atoms with Gasteiger partial charge in [0.15, 0.2) is 0 Å². The maximum atomic E-state index is 6.10. The Morgan fingerprint density at radius 3 is 2.20 bits per heavy atom. The van der Waals surface area contributed by atoms with Gasteiger partial charge in [-0.3, -0.25) is 0 Å². The lowest BCUT2D eigenvalue weighted by Crippen LogP contribution is -1.91. The van der Waals surface area contributed by atoms with Crippen molar-refractivity contribution in [2.45, 2.75) is 0 Å². The summed E-state index contributed by atoms with van der Waals surface area (Å²) in [5, 5.41) is 1.13. The summed E-state index contributed by atoms with van der Waals surface area (Å²) in [4.78, 5) is 0. The molecule has 0 amide bonds. The summed E-state index contributed by atoms with van der Waals surface area (Å²) in [6.07, 6.45) is 0. The van der Waals surface area contributed by atoms with Crippen LogP contribution in [-0.2, 0) is 0 Å². The zero-order chi connectivity index (χ0) is 10.8. The van der Waals surface area contributed by atoms with E-state index in [0.29, 0.717) is 15.7 Å². The number of hydrogen-bond donors (Lipinski definition) is 1. The van der Waals surface area contributed by atoms with Gasteiger partial charge in [0.05, 0.1) is 5.02 Å². The van der Waals surface area contributed by atoms with Crippen molar-refractivity contribution in [1.82, 2.24) is 0 Å². The minimum atomic E-state index is 0.553. The van der Waals surface area contributed by atoms with E-state index in [9.17, 15) is 0 Å². The molecule has 76 valence electrons. The summed E-state index contributed by atoms with van der Waals surface area (Å²) in [7, 11) is 0. The molecule has 0 heterocycles. The van der Waals surface area contributed by atoms with Gasteiger partial charge in [0, 0.05) is 16.3 Å². The predicted molar refractivity (Wildman–Crippen MR) is 66.3 cm³/mol. The fraction of sp³-hybridized carbons (Fsp3) is 0. The van der Waals surface area contributed by atoms with Gasteiger partial charge in [-0.2, -0.15) is 0 Å². The number of anilines is 1. The number of benzene rings is 2. The van der Waals surface area contributed by atoms with Gasteiger partial charge in [0.25, 0.3) is 0 Å². The summed E-state index contributed by atoms with van der Waals surface area (Å²) < 4.78 is 0. The zero-order valence-corrected chi connectivity index (χ0v) is 9.39. The normalized spacial score (nSPS) is 10.3. The van der Waals surface area contributed by atoms with Crippen molar-refractivity contribution in [3.63, 3.8) is 0 Å². The number of nitrogens with two attached hydrogens (primary N) is 1. The van der Waals surface area contributed by atoms with Crippen molar-refractivity contribution in [3.8, 4) is 11.1 Å². The number of rotatable bonds is 1. The summed E-state index contributed by atoms with van der Waals surface area (Å²) in [5.74, 6) is 0. The molecule has 0 fully saturated rings. The Balaban J connectivity index is 2.64. The highest BCUT2D eigenvalue weighted by atomic mass is 35.5. The Bertz CT molecular complexity index is 457. The minimum Gasteiger partial charge on any atom is -0.398 e. The zero-order valence-electron chi connectivity index (χ0n) is 7.87. The van der Waals surface area contributed by atoms with Gasteiger partial charge in [0.2, 0.25) is 0 Å². The highest BCUT2D eigenvalue weighted by Gasteiger charge is 2.08. The Labute approximate surface area is 98.4 Å². The minimum absolute atomic E-state index is 0.553. The molecule has 0 aliphatic heterocycles. The van der Waals surface area contributed by atoms with E-state index >= 15 is 0 Å². The lowest BCUT2D eigenvalue weighted by molar-refractivity contribution is 1.61. The van der Waals surface area contributed by atoms with Crippen LogP contribution in [0.15, 0.2) is 42.5 Å². The molecule has 0 radical (unpaired) electrons.